The molecule has 2 rings (SSSR count). The Hall–Kier alpha value is -0.750. The SMILES string of the molecule is CCCS.CNCN1CCc2cc(OCCCN(C)C)ccc2C1. The first-order valence-electron chi connectivity index (χ1n) is 8.97. The summed E-state index contributed by atoms with van der Waals surface area (Å²) in [4.78, 5) is 4.62. The van der Waals surface area contributed by atoms with Crippen molar-refractivity contribution in [1.29, 1.82) is 0 Å². The van der Waals surface area contributed by atoms with Gasteiger partial charge in [-0.15, -0.1) is 0 Å². The van der Waals surface area contributed by atoms with Crippen molar-refractivity contribution in [3.05, 3.63) is 29.3 Å². The van der Waals surface area contributed by atoms with E-state index in [1.165, 1.54) is 17.5 Å². The number of thiol groups is 1. The molecular formula is C19H35N3OS. The maximum atomic E-state index is 5.84. The van der Waals surface area contributed by atoms with Gasteiger partial charge in [0, 0.05) is 26.3 Å². The molecule has 0 saturated carbocycles. The minimum atomic E-state index is 0.794. The molecule has 0 aliphatic carbocycles. The summed E-state index contributed by atoms with van der Waals surface area (Å²) in [5.41, 5.74) is 2.88. The third-order valence-electron chi connectivity index (χ3n) is 3.89. The Morgan fingerprint density at radius 2 is 2.04 bits per heavy atom. The van der Waals surface area contributed by atoms with Gasteiger partial charge in [-0.2, -0.15) is 12.6 Å². The van der Waals surface area contributed by atoms with Crippen LogP contribution in [-0.2, 0) is 13.0 Å². The molecule has 1 heterocycles. The highest BCUT2D eigenvalue weighted by molar-refractivity contribution is 7.80. The van der Waals surface area contributed by atoms with Crippen molar-refractivity contribution in [2.24, 2.45) is 0 Å². The van der Waals surface area contributed by atoms with E-state index in [4.69, 9.17) is 4.74 Å². The maximum absolute atomic E-state index is 5.84. The van der Waals surface area contributed by atoms with Crippen LogP contribution in [0.2, 0.25) is 0 Å². The molecule has 138 valence electrons. The molecule has 1 aliphatic heterocycles. The van der Waals surface area contributed by atoms with Gasteiger partial charge in [0.2, 0.25) is 0 Å². The van der Waals surface area contributed by atoms with Gasteiger partial charge in [0.1, 0.15) is 5.75 Å². The van der Waals surface area contributed by atoms with E-state index < -0.39 is 0 Å². The van der Waals surface area contributed by atoms with Crippen LogP contribution in [0.15, 0.2) is 18.2 Å². The van der Waals surface area contributed by atoms with Crippen LogP contribution in [0.5, 0.6) is 5.75 Å². The zero-order valence-electron chi connectivity index (χ0n) is 15.8. The second-order valence-electron chi connectivity index (χ2n) is 6.47. The highest BCUT2D eigenvalue weighted by Crippen LogP contribution is 2.23. The van der Waals surface area contributed by atoms with Crippen molar-refractivity contribution in [3.8, 4) is 5.75 Å². The molecule has 5 heteroatoms. The van der Waals surface area contributed by atoms with Crippen LogP contribution in [0.1, 0.15) is 30.9 Å². The van der Waals surface area contributed by atoms with Crippen LogP contribution >= 0.6 is 12.6 Å². The summed E-state index contributed by atoms with van der Waals surface area (Å²) in [6, 6.07) is 6.55. The molecule has 0 atom stereocenters. The molecule has 4 nitrogen and oxygen atoms in total. The molecule has 1 N–H and O–H groups in total. The molecule has 0 amide bonds. The van der Waals surface area contributed by atoms with Gasteiger partial charge in [0.25, 0.3) is 0 Å². The fourth-order valence-electron chi connectivity index (χ4n) is 2.61. The number of nitrogens with zero attached hydrogens (tertiary/aromatic N) is 2. The summed E-state index contributed by atoms with van der Waals surface area (Å²) in [7, 11) is 6.19. The normalized spacial score (nSPS) is 14.1. The van der Waals surface area contributed by atoms with Crippen molar-refractivity contribution < 1.29 is 4.74 Å². The van der Waals surface area contributed by atoms with Crippen molar-refractivity contribution in [1.82, 2.24) is 15.1 Å². The Morgan fingerprint density at radius 3 is 2.67 bits per heavy atom. The lowest BCUT2D eigenvalue weighted by atomic mass is 10.00. The molecule has 0 aromatic heterocycles. The fraction of sp³-hybridized carbons (Fsp3) is 0.684. The zero-order chi connectivity index (χ0) is 17.8. The van der Waals surface area contributed by atoms with Gasteiger partial charge in [-0.1, -0.05) is 13.0 Å². The topological polar surface area (TPSA) is 27.7 Å². The highest BCUT2D eigenvalue weighted by Gasteiger charge is 2.15. The van der Waals surface area contributed by atoms with Gasteiger partial charge in [0.05, 0.1) is 6.61 Å². The Bertz CT molecular complexity index is 452. The molecule has 0 bridgehead atoms. The molecule has 0 unspecified atom stereocenters. The third kappa shape index (κ3) is 8.38. The number of hydrogen-bond donors (Lipinski definition) is 2. The summed E-state index contributed by atoms with van der Waals surface area (Å²) in [5, 5.41) is 3.22. The maximum Gasteiger partial charge on any atom is 0.119 e. The molecule has 0 spiro atoms. The Balaban J connectivity index is 0.000000648. The lowest BCUT2D eigenvalue weighted by Gasteiger charge is -2.28. The summed E-state index contributed by atoms with van der Waals surface area (Å²) in [5.74, 6) is 2.03. The van der Waals surface area contributed by atoms with Gasteiger partial charge in [-0.3, -0.25) is 4.90 Å². The molecule has 1 aromatic carbocycles. The summed E-state index contributed by atoms with van der Waals surface area (Å²) in [6.07, 6.45) is 3.37. The molecule has 1 aromatic rings. The van der Waals surface area contributed by atoms with E-state index >= 15 is 0 Å². The van der Waals surface area contributed by atoms with Crippen LogP contribution in [0.4, 0.5) is 0 Å². The van der Waals surface area contributed by atoms with Crippen LogP contribution in [0, 0.1) is 0 Å². The minimum absolute atomic E-state index is 0.794. The number of ether oxygens (including phenoxy) is 1. The first-order chi connectivity index (χ1) is 11.6. The molecule has 0 radical (unpaired) electrons. The molecule has 24 heavy (non-hydrogen) atoms. The van der Waals surface area contributed by atoms with Crippen LogP contribution < -0.4 is 10.1 Å². The predicted molar refractivity (Wildman–Crippen MR) is 107 cm³/mol. The highest BCUT2D eigenvalue weighted by atomic mass is 32.1. The van der Waals surface area contributed by atoms with E-state index in [0.29, 0.717) is 0 Å². The van der Waals surface area contributed by atoms with Crippen LogP contribution in [-0.4, -0.2) is 63.1 Å². The number of nitrogens with one attached hydrogen (secondary N) is 1. The van der Waals surface area contributed by atoms with Crippen LogP contribution in [0.25, 0.3) is 0 Å². The van der Waals surface area contributed by atoms with Gasteiger partial charge < -0.3 is 15.0 Å². The van der Waals surface area contributed by atoms with E-state index in [1.807, 2.05) is 7.05 Å². The van der Waals surface area contributed by atoms with Crippen LogP contribution in [0.3, 0.4) is 0 Å². The van der Waals surface area contributed by atoms with Crippen molar-refractivity contribution in [2.45, 2.75) is 32.7 Å². The smallest absolute Gasteiger partial charge is 0.119 e. The molecule has 0 saturated heterocycles. The second kappa shape index (κ2) is 12.6. The standard InChI is InChI=1S/C16H27N3O.C3H8S/c1-17-13-19-9-7-14-11-16(6-5-15(14)12-19)20-10-4-8-18(2)3;1-2-3-4/h5-6,11,17H,4,7-10,12-13H2,1-3H3;4H,2-3H2,1H3. The van der Waals surface area contributed by atoms with E-state index in [2.05, 4.69) is 67.0 Å². The third-order valence-corrected chi connectivity index (χ3v) is 4.34. The summed E-state index contributed by atoms with van der Waals surface area (Å²) in [6.45, 7) is 7.09. The van der Waals surface area contributed by atoms with Gasteiger partial charge in [0.15, 0.2) is 0 Å². The Kier molecular flexibility index (Phi) is 11.2. The van der Waals surface area contributed by atoms with E-state index in [1.54, 1.807) is 0 Å². The van der Waals surface area contributed by atoms with Gasteiger partial charge in [-0.05, 0) is 69.4 Å². The average molecular weight is 354 g/mol. The summed E-state index contributed by atoms with van der Waals surface area (Å²) < 4.78 is 5.84. The monoisotopic (exact) mass is 353 g/mol. The zero-order valence-corrected chi connectivity index (χ0v) is 16.7. The number of benzene rings is 1. The number of fused-ring (bicyclic) bond motifs is 1. The first kappa shape index (κ1) is 21.3. The van der Waals surface area contributed by atoms with Crippen molar-refractivity contribution in [3.63, 3.8) is 0 Å². The Labute approximate surface area is 154 Å². The largest absolute Gasteiger partial charge is 0.494 e. The molecular weight excluding hydrogens is 318 g/mol. The summed E-state index contributed by atoms with van der Waals surface area (Å²) >= 11 is 3.92. The number of rotatable bonds is 8. The number of hydrogen-bond acceptors (Lipinski definition) is 5. The Morgan fingerprint density at radius 1 is 1.29 bits per heavy atom. The average Bonchev–Trinajstić information content (AvgIpc) is 2.59. The van der Waals surface area contributed by atoms with Gasteiger partial charge >= 0.3 is 0 Å². The molecule has 0 fully saturated rings. The lowest BCUT2D eigenvalue weighted by Crippen LogP contribution is -2.36. The van der Waals surface area contributed by atoms with Crippen molar-refractivity contribution in [2.75, 3.05) is 53.3 Å². The predicted octanol–water partition coefficient (Wildman–Crippen LogP) is 2.88. The van der Waals surface area contributed by atoms with E-state index in [9.17, 15) is 0 Å². The fourth-order valence-corrected chi connectivity index (χ4v) is 2.61. The minimum Gasteiger partial charge on any atom is -0.494 e. The quantitative estimate of drug-likeness (QED) is 0.555. The molecule has 1 aliphatic rings. The first-order valence-corrected chi connectivity index (χ1v) is 9.61. The van der Waals surface area contributed by atoms with E-state index in [0.717, 1.165) is 57.3 Å². The van der Waals surface area contributed by atoms with Gasteiger partial charge in [-0.25, -0.2) is 0 Å². The van der Waals surface area contributed by atoms with Crippen molar-refractivity contribution >= 4 is 12.6 Å². The lowest BCUT2D eigenvalue weighted by molar-refractivity contribution is 0.240. The van der Waals surface area contributed by atoms with E-state index in [-0.39, 0.29) is 0 Å². The second-order valence-corrected chi connectivity index (χ2v) is 6.92.